The maximum absolute atomic E-state index is 11.8. The maximum atomic E-state index is 11.8. The van der Waals surface area contributed by atoms with Crippen LogP contribution in [0.1, 0.15) is 6.92 Å². The van der Waals surface area contributed by atoms with Crippen molar-refractivity contribution in [2.24, 2.45) is 0 Å². The molecule has 0 spiro atoms. The van der Waals surface area contributed by atoms with Gasteiger partial charge in [0.1, 0.15) is 17.7 Å². The van der Waals surface area contributed by atoms with Crippen LogP contribution < -0.4 is 4.90 Å². The van der Waals surface area contributed by atoms with E-state index < -0.39 is 6.09 Å². The van der Waals surface area contributed by atoms with E-state index >= 15 is 0 Å². The van der Waals surface area contributed by atoms with E-state index in [0.717, 1.165) is 11.1 Å². The van der Waals surface area contributed by atoms with E-state index in [4.69, 9.17) is 15.3 Å². The topological polar surface area (TPSA) is 77.1 Å². The van der Waals surface area contributed by atoms with E-state index in [-0.39, 0.29) is 12.2 Å². The summed E-state index contributed by atoms with van der Waals surface area (Å²) in [6.45, 7) is 1.89. The number of nitriles is 2. The lowest BCUT2D eigenvalue weighted by Crippen LogP contribution is -2.26. The summed E-state index contributed by atoms with van der Waals surface area (Å²) in [5, 5.41) is 17.4. The summed E-state index contributed by atoms with van der Waals surface area (Å²) in [7, 11) is 0. The number of benzene rings is 1. The molecule has 0 radical (unpaired) electrons. The lowest BCUT2D eigenvalue weighted by atomic mass is 10.3. The first-order valence-electron chi connectivity index (χ1n) is 5.26. The molecule has 0 N–H and O–H groups in total. The molecule has 1 rings (SSSR count). The third-order valence-electron chi connectivity index (χ3n) is 2.00. The summed E-state index contributed by atoms with van der Waals surface area (Å²) < 4.78 is 4.87. The van der Waals surface area contributed by atoms with Crippen molar-refractivity contribution >= 4 is 11.8 Å². The average Bonchev–Trinajstić information content (AvgIpc) is 2.41. The van der Waals surface area contributed by atoms with Gasteiger partial charge in [-0.1, -0.05) is 18.2 Å². The number of carbonyl (C=O) groups excluding carboxylic acids is 1. The SMILES string of the molecule is CCOC(=O)N(C=C(C#N)C#N)c1ccccc1. The van der Waals surface area contributed by atoms with Crippen molar-refractivity contribution in [1.29, 1.82) is 10.5 Å². The molecule has 1 amide bonds. The minimum Gasteiger partial charge on any atom is -0.449 e. The second kappa shape index (κ2) is 6.72. The molecule has 5 nitrogen and oxygen atoms in total. The van der Waals surface area contributed by atoms with Gasteiger partial charge in [-0.2, -0.15) is 10.5 Å². The van der Waals surface area contributed by atoms with E-state index in [1.54, 1.807) is 49.4 Å². The van der Waals surface area contributed by atoms with Gasteiger partial charge in [0.15, 0.2) is 0 Å². The van der Waals surface area contributed by atoms with Gasteiger partial charge in [-0.05, 0) is 19.1 Å². The Morgan fingerprint density at radius 2 is 1.94 bits per heavy atom. The molecule has 0 unspecified atom stereocenters. The molecule has 0 aliphatic heterocycles. The van der Waals surface area contributed by atoms with Gasteiger partial charge in [0.2, 0.25) is 0 Å². The van der Waals surface area contributed by atoms with Crippen molar-refractivity contribution in [2.45, 2.75) is 6.92 Å². The fourth-order valence-corrected chi connectivity index (χ4v) is 1.23. The second-order valence-corrected chi connectivity index (χ2v) is 3.17. The number of amides is 1. The normalized spacial score (nSPS) is 8.61. The number of para-hydroxylation sites is 1. The van der Waals surface area contributed by atoms with Crippen LogP contribution >= 0.6 is 0 Å². The third kappa shape index (κ3) is 3.36. The second-order valence-electron chi connectivity index (χ2n) is 3.17. The molecule has 0 saturated heterocycles. The number of hydrogen-bond donors (Lipinski definition) is 0. The highest BCUT2D eigenvalue weighted by Gasteiger charge is 2.15. The summed E-state index contributed by atoms with van der Waals surface area (Å²) >= 11 is 0. The zero-order valence-electron chi connectivity index (χ0n) is 9.83. The van der Waals surface area contributed by atoms with Crippen LogP contribution in [0.5, 0.6) is 0 Å². The Hall–Kier alpha value is -2.79. The molecular formula is C13H11N3O2. The first-order chi connectivity index (χ1) is 8.72. The van der Waals surface area contributed by atoms with E-state index in [1.165, 1.54) is 0 Å². The zero-order valence-corrected chi connectivity index (χ0v) is 9.83. The quantitative estimate of drug-likeness (QED) is 0.762. The van der Waals surface area contributed by atoms with Crippen LogP contribution in [0.15, 0.2) is 42.1 Å². The Kier molecular flexibility index (Phi) is 4.96. The number of anilines is 1. The van der Waals surface area contributed by atoms with Gasteiger partial charge in [-0.15, -0.1) is 0 Å². The number of allylic oxidation sites excluding steroid dienone is 1. The Morgan fingerprint density at radius 1 is 1.33 bits per heavy atom. The van der Waals surface area contributed by atoms with Crippen molar-refractivity contribution < 1.29 is 9.53 Å². The number of rotatable bonds is 3. The number of ether oxygens (including phenoxy) is 1. The molecule has 0 aromatic heterocycles. The molecule has 90 valence electrons. The van der Waals surface area contributed by atoms with Gasteiger partial charge in [-0.25, -0.2) is 4.79 Å². The van der Waals surface area contributed by atoms with Crippen LogP contribution in [-0.4, -0.2) is 12.7 Å². The summed E-state index contributed by atoms with van der Waals surface area (Å²) in [6.07, 6.45) is 0.527. The Morgan fingerprint density at radius 3 is 2.44 bits per heavy atom. The van der Waals surface area contributed by atoms with Crippen molar-refractivity contribution in [1.82, 2.24) is 0 Å². The summed E-state index contributed by atoms with van der Waals surface area (Å²) in [4.78, 5) is 12.9. The smallest absolute Gasteiger partial charge is 0.418 e. The number of hydrogen-bond acceptors (Lipinski definition) is 4. The van der Waals surface area contributed by atoms with Crippen LogP contribution in [0, 0.1) is 22.7 Å². The first-order valence-corrected chi connectivity index (χ1v) is 5.26. The number of carbonyl (C=O) groups is 1. The monoisotopic (exact) mass is 241 g/mol. The molecular weight excluding hydrogens is 230 g/mol. The van der Waals surface area contributed by atoms with Gasteiger partial charge in [0.25, 0.3) is 0 Å². The molecule has 18 heavy (non-hydrogen) atoms. The van der Waals surface area contributed by atoms with Crippen molar-refractivity contribution in [3.05, 3.63) is 42.1 Å². The summed E-state index contributed by atoms with van der Waals surface area (Å²) in [5.74, 6) is 0. The fourth-order valence-electron chi connectivity index (χ4n) is 1.23. The van der Waals surface area contributed by atoms with Gasteiger partial charge in [0.05, 0.1) is 12.3 Å². The molecule has 0 aliphatic carbocycles. The standard InChI is InChI=1S/C13H11N3O2/c1-2-18-13(17)16(10-11(8-14)9-15)12-6-4-3-5-7-12/h3-7,10H,2H2,1H3. The minimum absolute atomic E-state index is 0.174. The Labute approximate surface area is 105 Å². The van der Waals surface area contributed by atoms with Crippen molar-refractivity contribution in [3.8, 4) is 12.1 Å². The van der Waals surface area contributed by atoms with E-state index in [1.807, 2.05) is 0 Å². The first kappa shape index (κ1) is 13.3. The Bertz CT molecular complexity index is 507. The molecule has 0 bridgehead atoms. The van der Waals surface area contributed by atoms with Gasteiger partial charge in [-0.3, -0.25) is 4.90 Å². The maximum Gasteiger partial charge on any atom is 0.418 e. The predicted molar refractivity (Wildman–Crippen MR) is 65.3 cm³/mol. The summed E-state index contributed by atoms with van der Waals surface area (Å²) in [5.41, 5.74) is 0.353. The van der Waals surface area contributed by atoms with Crippen LogP contribution in [0.4, 0.5) is 10.5 Å². The largest absolute Gasteiger partial charge is 0.449 e. The average molecular weight is 241 g/mol. The molecule has 0 atom stereocenters. The van der Waals surface area contributed by atoms with Crippen LogP contribution in [0.25, 0.3) is 0 Å². The predicted octanol–water partition coefficient (Wildman–Crippen LogP) is 2.58. The van der Waals surface area contributed by atoms with Crippen LogP contribution in [0.2, 0.25) is 0 Å². The van der Waals surface area contributed by atoms with Crippen molar-refractivity contribution in [3.63, 3.8) is 0 Å². The van der Waals surface area contributed by atoms with Crippen molar-refractivity contribution in [2.75, 3.05) is 11.5 Å². The van der Waals surface area contributed by atoms with E-state index in [0.29, 0.717) is 5.69 Å². The lowest BCUT2D eigenvalue weighted by Gasteiger charge is -2.17. The van der Waals surface area contributed by atoms with E-state index in [9.17, 15) is 4.79 Å². The fraction of sp³-hybridized carbons (Fsp3) is 0.154. The third-order valence-corrected chi connectivity index (χ3v) is 2.00. The highest BCUT2D eigenvalue weighted by molar-refractivity contribution is 5.90. The molecule has 1 aromatic carbocycles. The number of nitrogens with zero attached hydrogens (tertiary/aromatic N) is 3. The van der Waals surface area contributed by atoms with E-state index in [2.05, 4.69) is 0 Å². The van der Waals surface area contributed by atoms with Gasteiger partial charge < -0.3 is 4.74 Å². The molecule has 5 heteroatoms. The molecule has 0 saturated carbocycles. The minimum atomic E-state index is -0.633. The molecule has 0 aliphatic rings. The van der Waals surface area contributed by atoms with Crippen LogP contribution in [0.3, 0.4) is 0 Å². The van der Waals surface area contributed by atoms with Gasteiger partial charge in [0, 0.05) is 6.20 Å². The summed E-state index contributed by atoms with van der Waals surface area (Å²) in [6, 6.07) is 12.0. The highest BCUT2D eigenvalue weighted by Crippen LogP contribution is 2.16. The molecule has 0 fully saturated rings. The molecule has 0 heterocycles. The molecule has 1 aromatic rings. The highest BCUT2D eigenvalue weighted by atomic mass is 16.6. The van der Waals surface area contributed by atoms with Crippen LogP contribution in [-0.2, 0) is 4.74 Å². The lowest BCUT2D eigenvalue weighted by molar-refractivity contribution is 0.162. The zero-order chi connectivity index (χ0) is 13.4. The van der Waals surface area contributed by atoms with Gasteiger partial charge >= 0.3 is 6.09 Å². The Balaban J connectivity index is 3.13.